The molecule has 0 aliphatic heterocycles. The highest BCUT2D eigenvalue weighted by Crippen LogP contribution is 1.92. The van der Waals surface area contributed by atoms with Crippen LogP contribution in [-0.4, -0.2) is 29.2 Å². The topological polar surface area (TPSA) is 90.4 Å². The Hall–Kier alpha value is -1.89. The summed E-state index contributed by atoms with van der Waals surface area (Å²) in [7, 11) is 1.44. The lowest BCUT2D eigenvalue weighted by atomic mass is 10.2. The summed E-state index contributed by atoms with van der Waals surface area (Å²) in [4.78, 5) is 35.4. The lowest BCUT2D eigenvalue weighted by Crippen LogP contribution is -2.32. The number of nitrogens with one attached hydrogen (secondary N) is 1. The number of H-pyrrole nitrogens is 1. The Morgan fingerprint density at radius 1 is 1.47 bits per heavy atom. The zero-order chi connectivity index (χ0) is 12.8. The molecule has 0 aromatic carbocycles. The molecule has 0 radical (unpaired) electrons. The summed E-state index contributed by atoms with van der Waals surface area (Å²) in [6.45, 7) is 1.44. The van der Waals surface area contributed by atoms with Gasteiger partial charge in [0, 0.05) is 32.2 Å². The number of hydrogen-bond acceptors (Lipinski definition) is 5. The fraction of sp³-hybridized carbons (Fsp3) is 0.500. The van der Waals surface area contributed by atoms with Crippen LogP contribution in [0.3, 0.4) is 0 Å². The van der Waals surface area contributed by atoms with Crippen LogP contribution >= 0.6 is 0 Å². The van der Waals surface area contributed by atoms with E-state index in [1.165, 1.54) is 24.8 Å². The Bertz CT molecular complexity index is 502. The fourth-order valence-electron chi connectivity index (χ4n) is 1.27. The summed E-state index contributed by atoms with van der Waals surface area (Å²) in [5, 5.41) is 0. The molecular formula is C10H14N2O5. The summed E-state index contributed by atoms with van der Waals surface area (Å²) < 4.78 is 10.7. The van der Waals surface area contributed by atoms with E-state index in [4.69, 9.17) is 9.47 Å². The van der Waals surface area contributed by atoms with Gasteiger partial charge >= 0.3 is 11.7 Å². The van der Waals surface area contributed by atoms with Gasteiger partial charge in [-0.3, -0.25) is 19.1 Å². The van der Waals surface area contributed by atoms with Gasteiger partial charge in [-0.25, -0.2) is 4.79 Å². The van der Waals surface area contributed by atoms with E-state index in [2.05, 4.69) is 4.98 Å². The molecule has 0 aliphatic carbocycles. The van der Waals surface area contributed by atoms with E-state index < -0.39 is 17.2 Å². The monoisotopic (exact) mass is 242 g/mol. The van der Waals surface area contributed by atoms with Crippen molar-refractivity contribution in [2.24, 2.45) is 0 Å². The van der Waals surface area contributed by atoms with Gasteiger partial charge < -0.3 is 9.47 Å². The van der Waals surface area contributed by atoms with Crippen molar-refractivity contribution >= 4 is 5.97 Å². The van der Waals surface area contributed by atoms with Crippen LogP contribution in [0, 0.1) is 0 Å². The zero-order valence-electron chi connectivity index (χ0n) is 9.69. The number of hydrogen-bond donors (Lipinski definition) is 1. The van der Waals surface area contributed by atoms with Crippen LogP contribution in [0.25, 0.3) is 0 Å². The van der Waals surface area contributed by atoms with Crippen molar-refractivity contribution in [1.29, 1.82) is 0 Å². The molecule has 0 aliphatic rings. The zero-order valence-corrected chi connectivity index (χ0v) is 9.69. The van der Waals surface area contributed by atoms with Crippen molar-refractivity contribution in [3.05, 3.63) is 32.6 Å². The molecule has 94 valence electrons. The van der Waals surface area contributed by atoms with Gasteiger partial charge in [-0.15, -0.1) is 0 Å². The first kappa shape index (κ1) is 13.2. The third-order valence-electron chi connectivity index (χ3n) is 2.03. The SMILES string of the molecule is COCn1cc(CCOC(C)=O)c(=O)[nH]c1=O. The lowest BCUT2D eigenvalue weighted by molar-refractivity contribution is -0.140. The highest BCUT2D eigenvalue weighted by molar-refractivity contribution is 5.65. The molecule has 0 spiro atoms. The smallest absolute Gasteiger partial charge is 0.330 e. The van der Waals surface area contributed by atoms with Gasteiger partial charge in [0.15, 0.2) is 0 Å². The molecule has 1 heterocycles. The Morgan fingerprint density at radius 3 is 2.76 bits per heavy atom. The summed E-state index contributed by atoms with van der Waals surface area (Å²) >= 11 is 0. The number of rotatable bonds is 5. The standard InChI is InChI=1S/C10H14N2O5/c1-7(13)17-4-3-8-5-12(6-16-2)10(15)11-9(8)14/h5H,3-4,6H2,1-2H3,(H,11,14,15). The van der Waals surface area contributed by atoms with Gasteiger partial charge in [-0.2, -0.15) is 0 Å². The van der Waals surface area contributed by atoms with Crippen molar-refractivity contribution in [2.75, 3.05) is 13.7 Å². The van der Waals surface area contributed by atoms with Crippen LogP contribution in [0.1, 0.15) is 12.5 Å². The van der Waals surface area contributed by atoms with Crippen molar-refractivity contribution in [3.63, 3.8) is 0 Å². The average molecular weight is 242 g/mol. The van der Waals surface area contributed by atoms with Crippen LogP contribution in [0.5, 0.6) is 0 Å². The molecule has 0 saturated heterocycles. The van der Waals surface area contributed by atoms with Gasteiger partial charge in [0.1, 0.15) is 6.73 Å². The maximum absolute atomic E-state index is 11.4. The first-order valence-corrected chi connectivity index (χ1v) is 4.99. The molecule has 7 heteroatoms. The lowest BCUT2D eigenvalue weighted by Gasteiger charge is -2.06. The summed E-state index contributed by atoms with van der Waals surface area (Å²) in [5.41, 5.74) is -0.648. The average Bonchev–Trinajstić information content (AvgIpc) is 2.24. The molecule has 1 N–H and O–H groups in total. The molecule has 1 rings (SSSR count). The van der Waals surface area contributed by atoms with Gasteiger partial charge in [0.05, 0.1) is 6.61 Å². The normalized spacial score (nSPS) is 10.2. The molecule has 0 bridgehead atoms. The second-order valence-electron chi connectivity index (χ2n) is 3.39. The van der Waals surface area contributed by atoms with Gasteiger partial charge in [-0.05, 0) is 0 Å². The first-order chi connectivity index (χ1) is 8.04. The van der Waals surface area contributed by atoms with E-state index in [0.717, 1.165) is 0 Å². The van der Waals surface area contributed by atoms with Gasteiger partial charge in [-0.1, -0.05) is 0 Å². The van der Waals surface area contributed by atoms with Crippen molar-refractivity contribution in [3.8, 4) is 0 Å². The Kier molecular flexibility index (Phi) is 4.65. The minimum Gasteiger partial charge on any atom is -0.466 e. The number of methoxy groups -OCH3 is 1. The van der Waals surface area contributed by atoms with Crippen LogP contribution in [0.2, 0.25) is 0 Å². The maximum Gasteiger partial charge on any atom is 0.330 e. The minimum absolute atomic E-state index is 0.0518. The minimum atomic E-state index is -0.534. The molecule has 1 aromatic heterocycles. The van der Waals surface area contributed by atoms with Crippen LogP contribution in [0.15, 0.2) is 15.8 Å². The maximum atomic E-state index is 11.4. The molecular weight excluding hydrogens is 228 g/mol. The fourth-order valence-corrected chi connectivity index (χ4v) is 1.27. The van der Waals surface area contributed by atoms with Crippen molar-refractivity contribution in [2.45, 2.75) is 20.1 Å². The summed E-state index contributed by atoms with van der Waals surface area (Å²) in [6, 6.07) is 0. The van der Waals surface area contributed by atoms with E-state index in [1.807, 2.05) is 0 Å². The quantitative estimate of drug-likeness (QED) is 0.686. The number of aromatic amines is 1. The van der Waals surface area contributed by atoms with E-state index in [9.17, 15) is 14.4 Å². The first-order valence-electron chi connectivity index (χ1n) is 4.99. The van der Waals surface area contributed by atoms with Crippen LogP contribution < -0.4 is 11.2 Å². The highest BCUT2D eigenvalue weighted by atomic mass is 16.5. The molecule has 0 unspecified atom stereocenters. The molecule has 0 saturated carbocycles. The van der Waals surface area contributed by atoms with E-state index in [1.54, 1.807) is 0 Å². The largest absolute Gasteiger partial charge is 0.466 e. The van der Waals surface area contributed by atoms with E-state index in [0.29, 0.717) is 5.56 Å². The summed E-state index contributed by atoms with van der Waals surface area (Å²) in [5.74, 6) is -0.411. The van der Waals surface area contributed by atoms with E-state index >= 15 is 0 Å². The van der Waals surface area contributed by atoms with Crippen molar-refractivity contribution in [1.82, 2.24) is 9.55 Å². The van der Waals surface area contributed by atoms with Crippen molar-refractivity contribution < 1.29 is 14.3 Å². The number of carbonyl (C=O) groups excluding carboxylic acids is 1. The molecule has 7 nitrogen and oxygen atoms in total. The van der Waals surface area contributed by atoms with Gasteiger partial charge in [0.25, 0.3) is 5.56 Å². The molecule has 0 fully saturated rings. The third-order valence-corrected chi connectivity index (χ3v) is 2.03. The molecule has 0 amide bonds. The summed E-state index contributed by atoms with van der Waals surface area (Å²) in [6.07, 6.45) is 1.65. The second kappa shape index (κ2) is 6.00. The van der Waals surface area contributed by atoms with Gasteiger partial charge in [0.2, 0.25) is 0 Å². The third kappa shape index (κ3) is 3.87. The number of nitrogens with zero attached hydrogens (tertiary/aromatic N) is 1. The number of esters is 1. The van der Waals surface area contributed by atoms with E-state index in [-0.39, 0.29) is 19.8 Å². The predicted molar refractivity (Wildman–Crippen MR) is 58.7 cm³/mol. The highest BCUT2D eigenvalue weighted by Gasteiger charge is 2.05. The number of carbonyl (C=O) groups is 1. The predicted octanol–water partition coefficient (Wildman–Crippen LogP) is -0.754. The molecule has 1 aromatic rings. The molecule has 0 atom stereocenters. The Balaban J connectivity index is 2.84. The molecule has 17 heavy (non-hydrogen) atoms. The number of aromatic nitrogens is 2. The van der Waals surface area contributed by atoms with Crippen LogP contribution in [-0.2, 0) is 27.4 Å². The Labute approximate surface area is 97.0 Å². The van der Waals surface area contributed by atoms with Crippen LogP contribution in [0.4, 0.5) is 0 Å². The number of ether oxygens (including phenoxy) is 2. The Morgan fingerprint density at radius 2 is 2.18 bits per heavy atom. The second-order valence-corrected chi connectivity index (χ2v) is 3.39.